The van der Waals surface area contributed by atoms with E-state index < -0.39 is 17.7 Å². The van der Waals surface area contributed by atoms with Crippen molar-refractivity contribution in [2.45, 2.75) is 12.5 Å². The Morgan fingerprint density at radius 3 is 2.50 bits per heavy atom. The number of hydrogen-bond acceptors (Lipinski definition) is 3. The normalized spacial score (nSPS) is 12.7. The number of H-pyrrole nitrogens is 1. The zero-order chi connectivity index (χ0) is 11.5. The largest absolute Gasteiger partial charge is 0.386 e. The maximum Gasteiger partial charge on any atom is 0.126 e. The number of nitrogens with zero attached hydrogens (tertiary/aromatic N) is 2. The van der Waals surface area contributed by atoms with Crippen LogP contribution in [0.15, 0.2) is 24.4 Å². The molecule has 0 saturated carbocycles. The maximum atomic E-state index is 12.9. The van der Waals surface area contributed by atoms with Crippen molar-refractivity contribution in [3.8, 4) is 0 Å². The molecule has 84 valence electrons. The van der Waals surface area contributed by atoms with Crippen molar-refractivity contribution in [2.24, 2.45) is 0 Å². The molecule has 1 unspecified atom stereocenters. The lowest BCUT2D eigenvalue weighted by Gasteiger charge is -2.07. The molecule has 0 fully saturated rings. The van der Waals surface area contributed by atoms with E-state index in [4.69, 9.17) is 0 Å². The summed E-state index contributed by atoms with van der Waals surface area (Å²) in [4.78, 5) is 0. The van der Waals surface area contributed by atoms with Gasteiger partial charge in [-0.2, -0.15) is 15.4 Å². The second kappa shape index (κ2) is 4.36. The monoisotopic (exact) mass is 225 g/mol. The molecule has 2 rings (SSSR count). The van der Waals surface area contributed by atoms with Crippen molar-refractivity contribution in [1.82, 2.24) is 15.4 Å². The molecule has 0 aliphatic heterocycles. The van der Waals surface area contributed by atoms with Gasteiger partial charge in [0.05, 0.1) is 6.20 Å². The summed E-state index contributed by atoms with van der Waals surface area (Å²) in [5.41, 5.74) is 0.706. The zero-order valence-corrected chi connectivity index (χ0v) is 8.19. The van der Waals surface area contributed by atoms with Gasteiger partial charge in [-0.3, -0.25) is 0 Å². The molecule has 6 heteroatoms. The molecule has 0 aliphatic rings. The smallest absolute Gasteiger partial charge is 0.126 e. The first-order valence-corrected chi connectivity index (χ1v) is 4.64. The van der Waals surface area contributed by atoms with E-state index in [1.54, 1.807) is 0 Å². The van der Waals surface area contributed by atoms with E-state index in [1.807, 2.05) is 0 Å². The quantitative estimate of drug-likeness (QED) is 0.829. The Morgan fingerprint density at radius 1 is 1.25 bits per heavy atom. The van der Waals surface area contributed by atoms with E-state index in [1.165, 1.54) is 18.3 Å². The minimum absolute atomic E-state index is 0.0845. The minimum atomic E-state index is -0.931. The Bertz CT molecular complexity index is 453. The predicted molar refractivity (Wildman–Crippen MR) is 51.4 cm³/mol. The molecule has 2 N–H and O–H groups in total. The molecule has 1 heterocycles. The molecule has 0 spiro atoms. The van der Waals surface area contributed by atoms with Crippen LogP contribution in [0.4, 0.5) is 8.78 Å². The van der Waals surface area contributed by atoms with Gasteiger partial charge in [0.1, 0.15) is 23.4 Å². The highest BCUT2D eigenvalue weighted by Gasteiger charge is 2.12. The number of halogens is 2. The third kappa shape index (κ3) is 2.40. The summed E-state index contributed by atoms with van der Waals surface area (Å²) >= 11 is 0. The van der Waals surface area contributed by atoms with Crippen molar-refractivity contribution >= 4 is 0 Å². The van der Waals surface area contributed by atoms with Gasteiger partial charge in [0.15, 0.2) is 0 Å². The van der Waals surface area contributed by atoms with Crippen molar-refractivity contribution in [1.29, 1.82) is 0 Å². The number of aliphatic hydroxyl groups excluding tert-OH is 1. The van der Waals surface area contributed by atoms with Gasteiger partial charge in [-0.05, 0) is 17.7 Å². The summed E-state index contributed by atoms with van der Waals surface area (Å²) in [6.07, 6.45) is 0.515. The highest BCUT2D eigenvalue weighted by Crippen LogP contribution is 2.17. The molecule has 2 aromatic rings. The predicted octanol–water partition coefficient (Wildman–Crippen LogP) is 1.36. The van der Waals surface area contributed by atoms with Crippen LogP contribution in [-0.2, 0) is 6.42 Å². The Balaban J connectivity index is 2.15. The van der Waals surface area contributed by atoms with Crippen molar-refractivity contribution in [3.63, 3.8) is 0 Å². The Labute approximate surface area is 89.9 Å². The average Bonchev–Trinajstić information content (AvgIpc) is 2.68. The first-order valence-electron chi connectivity index (χ1n) is 4.64. The molecule has 0 aliphatic carbocycles. The lowest BCUT2D eigenvalue weighted by Crippen LogP contribution is -2.03. The van der Waals surface area contributed by atoms with Gasteiger partial charge < -0.3 is 5.11 Å². The molecule has 0 saturated heterocycles. The fourth-order valence-electron chi connectivity index (χ4n) is 1.43. The molecular formula is C10H9F2N3O. The molecular weight excluding hydrogens is 216 g/mol. The minimum Gasteiger partial charge on any atom is -0.386 e. The second-order valence-electron chi connectivity index (χ2n) is 3.39. The van der Waals surface area contributed by atoms with Crippen LogP contribution in [0.3, 0.4) is 0 Å². The fourth-order valence-corrected chi connectivity index (χ4v) is 1.43. The van der Waals surface area contributed by atoms with Crippen LogP contribution in [0, 0.1) is 11.6 Å². The maximum absolute atomic E-state index is 12.9. The number of rotatable bonds is 3. The van der Waals surface area contributed by atoms with Crippen LogP contribution >= 0.6 is 0 Å². The Kier molecular flexibility index (Phi) is 2.91. The number of hydrogen-bond donors (Lipinski definition) is 2. The number of aromatic nitrogens is 3. The molecule has 0 amide bonds. The van der Waals surface area contributed by atoms with Crippen molar-refractivity contribution < 1.29 is 13.9 Å². The molecule has 16 heavy (non-hydrogen) atoms. The van der Waals surface area contributed by atoms with E-state index in [2.05, 4.69) is 15.4 Å². The Morgan fingerprint density at radius 2 is 1.94 bits per heavy atom. The summed E-state index contributed by atoms with van der Waals surface area (Å²) < 4.78 is 25.7. The lowest BCUT2D eigenvalue weighted by molar-refractivity contribution is 0.173. The number of benzene rings is 1. The van der Waals surface area contributed by atoms with Gasteiger partial charge in [0, 0.05) is 12.5 Å². The third-order valence-electron chi connectivity index (χ3n) is 2.13. The van der Waals surface area contributed by atoms with E-state index in [0.29, 0.717) is 11.3 Å². The number of aliphatic hydroxyl groups is 1. The molecule has 0 bridgehead atoms. The van der Waals surface area contributed by atoms with Crippen molar-refractivity contribution in [3.05, 3.63) is 47.3 Å². The second-order valence-corrected chi connectivity index (χ2v) is 3.39. The third-order valence-corrected chi connectivity index (χ3v) is 2.13. The summed E-state index contributed by atoms with van der Waals surface area (Å²) in [7, 11) is 0. The highest BCUT2D eigenvalue weighted by atomic mass is 19.1. The van der Waals surface area contributed by atoms with Crippen molar-refractivity contribution in [2.75, 3.05) is 0 Å². The first kappa shape index (κ1) is 10.7. The van der Waals surface area contributed by atoms with Crippen LogP contribution in [0.25, 0.3) is 0 Å². The fraction of sp³-hybridized carbons (Fsp3) is 0.200. The summed E-state index contributed by atoms with van der Waals surface area (Å²) in [6.45, 7) is 0. The topological polar surface area (TPSA) is 61.8 Å². The van der Waals surface area contributed by atoms with Crippen LogP contribution in [-0.4, -0.2) is 20.5 Å². The van der Waals surface area contributed by atoms with Gasteiger partial charge in [0.2, 0.25) is 0 Å². The summed E-state index contributed by atoms with van der Waals surface area (Å²) in [5.74, 6) is -1.33. The standard InChI is InChI=1S/C10H9F2N3O/c11-7-1-6(2-8(12)4-7)3-10(16)9-5-13-15-14-9/h1-2,4-5,10,16H,3H2,(H,13,14,15). The van der Waals surface area contributed by atoms with Crippen LogP contribution in [0.2, 0.25) is 0 Å². The Hall–Kier alpha value is -1.82. The highest BCUT2D eigenvalue weighted by molar-refractivity contribution is 5.19. The number of nitrogens with one attached hydrogen (secondary N) is 1. The van der Waals surface area contributed by atoms with Crippen LogP contribution in [0.1, 0.15) is 17.4 Å². The average molecular weight is 225 g/mol. The van der Waals surface area contributed by atoms with E-state index in [0.717, 1.165) is 6.07 Å². The van der Waals surface area contributed by atoms with E-state index in [9.17, 15) is 13.9 Å². The zero-order valence-electron chi connectivity index (χ0n) is 8.19. The van der Waals surface area contributed by atoms with Gasteiger partial charge >= 0.3 is 0 Å². The molecule has 4 nitrogen and oxygen atoms in total. The van der Waals surface area contributed by atoms with Crippen LogP contribution < -0.4 is 0 Å². The number of aromatic amines is 1. The van der Waals surface area contributed by atoms with E-state index >= 15 is 0 Å². The molecule has 1 atom stereocenters. The van der Waals surface area contributed by atoms with Gasteiger partial charge in [-0.25, -0.2) is 8.78 Å². The summed E-state index contributed by atoms with van der Waals surface area (Å²) in [6, 6.07) is 3.13. The lowest BCUT2D eigenvalue weighted by atomic mass is 10.1. The van der Waals surface area contributed by atoms with E-state index in [-0.39, 0.29) is 6.42 Å². The SMILES string of the molecule is OC(Cc1cc(F)cc(F)c1)c1cn[nH]n1. The van der Waals surface area contributed by atoms with Gasteiger partial charge in [-0.1, -0.05) is 0 Å². The van der Waals surface area contributed by atoms with Crippen LogP contribution in [0.5, 0.6) is 0 Å². The molecule has 1 aromatic carbocycles. The summed E-state index contributed by atoms with van der Waals surface area (Å²) in [5, 5.41) is 19.2. The first-order chi connectivity index (χ1) is 7.65. The molecule has 0 radical (unpaired) electrons. The van der Waals surface area contributed by atoms with Gasteiger partial charge in [-0.15, -0.1) is 0 Å². The van der Waals surface area contributed by atoms with Gasteiger partial charge in [0.25, 0.3) is 0 Å². The molecule has 1 aromatic heterocycles.